The zero-order chi connectivity index (χ0) is 18.3. The van der Waals surface area contributed by atoms with Gasteiger partial charge in [-0.15, -0.1) is 0 Å². The Morgan fingerprint density at radius 1 is 0.760 bits per heavy atom. The van der Waals surface area contributed by atoms with Crippen molar-refractivity contribution in [3.63, 3.8) is 0 Å². The van der Waals surface area contributed by atoms with Gasteiger partial charge in [0.05, 0.1) is 0 Å². The Morgan fingerprint density at radius 3 is 1.84 bits per heavy atom. The highest BCUT2D eigenvalue weighted by atomic mass is 14.9. The molecule has 2 N–H and O–H groups in total. The molecule has 0 aromatic carbocycles. The predicted octanol–water partition coefficient (Wildman–Crippen LogP) is 6.16. The van der Waals surface area contributed by atoms with Crippen LogP contribution in [0.25, 0.3) is 0 Å². The maximum absolute atomic E-state index is 3.89. The lowest BCUT2D eigenvalue weighted by atomic mass is 9.85. The van der Waals surface area contributed by atoms with Crippen LogP contribution in [0.4, 0.5) is 0 Å². The van der Waals surface area contributed by atoms with Crippen molar-refractivity contribution in [1.29, 1.82) is 0 Å². The normalized spacial score (nSPS) is 23.5. The third-order valence-electron chi connectivity index (χ3n) is 6.49. The second-order valence-electron chi connectivity index (χ2n) is 8.62. The summed E-state index contributed by atoms with van der Waals surface area (Å²) in [5, 5.41) is 7.68. The molecule has 2 heteroatoms. The molecule has 1 fully saturated rings. The van der Waals surface area contributed by atoms with Crippen LogP contribution in [0, 0.1) is 17.8 Å². The number of rotatable bonds is 15. The number of hydrogen-bond donors (Lipinski definition) is 2. The minimum absolute atomic E-state index is 0.792. The number of nitrogens with one attached hydrogen (secondary N) is 2. The van der Waals surface area contributed by atoms with Crippen molar-refractivity contribution in [2.75, 3.05) is 19.6 Å². The van der Waals surface area contributed by atoms with Crippen molar-refractivity contribution in [1.82, 2.24) is 10.6 Å². The molecule has 1 aliphatic rings. The van der Waals surface area contributed by atoms with E-state index in [2.05, 4.69) is 38.3 Å². The lowest BCUT2D eigenvalue weighted by Gasteiger charge is -2.31. The van der Waals surface area contributed by atoms with Crippen molar-refractivity contribution in [3.8, 4) is 0 Å². The maximum Gasteiger partial charge on any atom is 0.00673 e. The van der Waals surface area contributed by atoms with Crippen LogP contribution >= 0.6 is 0 Å². The monoisotopic (exact) mass is 352 g/mol. The van der Waals surface area contributed by atoms with E-state index in [1.165, 1.54) is 96.7 Å². The third-order valence-corrected chi connectivity index (χ3v) is 6.49. The molecule has 1 rings (SSSR count). The molecule has 0 bridgehead atoms. The predicted molar refractivity (Wildman–Crippen MR) is 113 cm³/mol. The van der Waals surface area contributed by atoms with Gasteiger partial charge in [0.2, 0.25) is 0 Å². The molecule has 1 saturated carbocycles. The van der Waals surface area contributed by atoms with Crippen molar-refractivity contribution >= 4 is 0 Å². The smallest absolute Gasteiger partial charge is 0.00673 e. The summed E-state index contributed by atoms with van der Waals surface area (Å²) in [4.78, 5) is 0. The molecule has 0 radical (unpaired) electrons. The molecular formula is C23H48N2. The Kier molecular flexibility index (Phi) is 13.8. The largest absolute Gasteiger partial charge is 0.316 e. The Balaban J connectivity index is 2.10. The van der Waals surface area contributed by atoms with Gasteiger partial charge in [0.25, 0.3) is 0 Å². The van der Waals surface area contributed by atoms with E-state index in [9.17, 15) is 0 Å². The summed E-state index contributed by atoms with van der Waals surface area (Å²) in [7, 11) is 0. The van der Waals surface area contributed by atoms with E-state index < -0.39 is 0 Å². The summed E-state index contributed by atoms with van der Waals surface area (Å²) in [6.45, 7) is 13.1. The molecule has 25 heavy (non-hydrogen) atoms. The first kappa shape index (κ1) is 23.0. The van der Waals surface area contributed by atoms with Gasteiger partial charge in [-0.05, 0) is 75.9 Å². The minimum atomic E-state index is 0.792. The molecule has 0 aromatic heterocycles. The molecule has 0 aliphatic heterocycles. The quantitative estimate of drug-likeness (QED) is 0.369. The summed E-state index contributed by atoms with van der Waals surface area (Å²) in [5.41, 5.74) is 0. The second-order valence-corrected chi connectivity index (χ2v) is 8.62. The van der Waals surface area contributed by atoms with Crippen LogP contribution < -0.4 is 10.6 Å². The van der Waals surface area contributed by atoms with Gasteiger partial charge in [0.1, 0.15) is 0 Å². The topological polar surface area (TPSA) is 24.1 Å². The zero-order valence-corrected chi connectivity index (χ0v) is 17.9. The number of unbranched alkanes of at least 4 members (excludes halogenated alkanes) is 2. The van der Waals surface area contributed by atoms with Crippen LogP contribution in [0.1, 0.15) is 105 Å². The van der Waals surface area contributed by atoms with Gasteiger partial charge in [0, 0.05) is 6.04 Å². The molecule has 0 saturated heterocycles. The highest BCUT2D eigenvalue weighted by Gasteiger charge is 2.21. The van der Waals surface area contributed by atoms with Crippen molar-refractivity contribution < 1.29 is 0 Å². The van der Waals surface area contributed by atoms with Crippen molar-refractivity contribution in [3.05, 3.63) is 0 Å². The minimum Gasteiger partial charge on any atom is -0.316 e. The average Bonchev–Trinajstić information content (AvgIpc) is 2.65. The van der Waals surface area contributed by atoms with Crippen LogP contribution in [0.2, 0.25) is 0 Å². The molecule has 0 spiro atoms. The van der Waals surface area contributed by atoms with Crippen LogP contribution in [0.3, 0.4) is 0 Å². The van der Waals surface area contributed by atoms with Gasteiger partial charge in [-0.2, -0.15) is 0 Å². The first-order valence-electron chi connectivity index (χ1n) is 11.7. The van der Waals surface area contributed by atoms with Gasteiger partial charge in [-0.1, -0.05) is 66.2 Å². The molecule has 0 amide bonds. The Hall–Kier alpha value is -0.0800. The highest BCUT2D eigenvalue weighted by Crippen LogP contribution is 2.24. The fourth-order valence-electron chi connectivity index (χ4n) is 4.28. The zero-order valence-electron chi connectivity index (χ0n) is 17.9. The number of hydrogen-bond acceptors (Lipinski definition) is 2. The third kappa shape index (κ3) is 10.6. The first-order chi connectivity index (χ1) is 12.2. The van der Waals surface area contributed by atoms with E-state index in [1.54, 1.807) is 0 Å². The molecule has 0 heterocycles. The fraction of sp³-hybridized carbons (Fsp3) is 1.00. The van der Waals surface area contributed by atoms with E-state index in [0.717, 1.165) is 23.8 Å². The lowest BCUT2D eigenvalue weighted by Crippen LogP contribution is -2.38. The van der Waals surface area contributed by atoms with Gasteiger partial charge >= 0.3 is 0 Å². The van der Waals surface area contributed by atoms with Crippen LogP contribution in [0.5, 0.6) is 0 Å². The summed E-state index contributed by atoms with van der Waals surface area (Å²) >= 11 is 0. The standard InChI is InChI=1S/C23H48N2/c1-5-9-11-20(7-3)17-24-18-22-13-15-23(16-14-22)25-19-21(8-4)12-10-6-2/h20-25H,5-19H2,1-4H3. The summed E-state index contributed by atoms with van der Waals surface area (Å²) in [6.07, 6.45) is 16.6. The van der Waals surface area contributed by atoms with Crippen LogP contribution in [-0.2, 0) is 0 Å². The van der Waals surface area contributed by atoms with E-state index in [4.69, 9.17) is 0 Å². The Bertz CT molecular complexity index is 284. The molecule has 2 atom stereocenters. The van der Waals surface area contributed by atoms with Gasteiger partial charge in [0.15, 0.2) is 0 Å². The molecule has 150 valence electrons. The Labute approximate surface area is 159 Å². The maximum atomic E-state index is 3.89. The van der Waals surface area contributed by atoms with Gasteiger partial charge in [-0.3, -0.25) is 0 Å². The van der Waals surface area contributed by atoms with Crippen LogP contribution in [-0.4, -0.2) is 25.7 Å². The molecule has 0 aromatic rings. The first-order valence-corrected chi connectivity index (χ1v) is 11.7. The average molecular weight is 353 g/mol. The summed E-state index contributed by atoms with van der Waals surface area (Å²) < 4.78 is 0. The Morgan fingerprint density at radius 2 is 1.32 bits per heavy atom. The van der Waals surface area contributed by atoms with Gasteiger partial charge < -0.3 is 10.6 Å². The molecular weight excluding hydrogens is 304 g/mol. The van der Waals surface area contributed by atoms with Crippen LogP contribution in [0.15, 0.2) is 0 Å². The lowest BCUT2D eigenvalue weighted by molar-refractivity contribution is 0.266. The van der Waals surface area contributed by atoms with E-state index in [-0.39, 0.29) is 0 Å². The van der Waals surface area contributed by atoms with Crippen molar-refractivity contribution in [2.45, 2.75) is 111 Å². The van der Waals surface area contributed by atoms with Gasteiger partial charge in [-0.25, -0.2) is 0 Å². The SMILES string of the molecule is CCCCC(CC)CNCC1CCC(NCC(CC)CCCC)CC1. The van der Waals surface area contributed by atoms with E-state index in [0.29, 0.717) is 0 Å². The van der Waals surface area contributed by atoms with E-state index >= 15 is 0 Å². The second kappa shape index (κ2) is 15.0. The molecule has 1 aliphatic carbocycles. The summed E-state index contributed by atoms with van der Waals surface area (Å²) in [6, 6.07) is 0.792. The highest BCUT2D eigenvalue weighted by molar-refractivity contribution is 4.79. The fourth-order valence-corrected chi connectivity index (χ4v) is 4.28. The molecule has 2 unspecified atom stereocenters. The van der Waals surface area contributed by atoms with Crippen molar-refractivity contribution in [2.24, 2.45) is 17.8 Å². The van der Waals surface area contributed by atoms with E-state index in [1.807, 2.05) is 0 Å². The molecule has 2 nitrogen and oxygen atoms in total. The summed E-state index contributed by atoms with van der Waals surface area (Å²) in [5.74, 6) is 2.71.